The van der Waals surface area contributed by atoms with Crippen LogP contribution in [-0.2, 0) is 7.05 Å². The van der Waals surface area contributed by atoms with Crippen molar-refractivity contribution in [2.75, 3.05) is 6.54 Å². The summed E-state index contributed by atoms with van der Waals surface area (Å²) in [4.78, 5) is 12.2. The van der Waals surface area contributed by atoms with Gasteiger partial charge in [-0.25, -0.2) is 4.39 Å². The maximum absolute atomic E-state index is 13.2. The van der Waals surface area contributed by atoms with Gasteiger partial charge in [0.1, 0.15) is 11.5 Å². The molecule has 19 heavy (non-hydrogen) atoms. The number of rotatable bonds is 3. The maximum Gasteiger partial charge on any atom is 0.268 e. The molecule has 1 heterocycles. The summed E-state index contributed by atoms with van der Waals surface area (Å²) in [6.45, 7) is 4.05. The molecule has 0 radical (unpaired) electrons. The summed E-state index contributed by atoms with van der Waals surface area (Å²) in [7, 11) is 1.78. The van der Waals surface area contributed by atoms with E-state index in [0.29, 0.717) is 17.6 Å². The molecular weight excluding hydrogens is 245 g/mol. The molecule has 0 saturated carbocycles. The minimum atomic E-state index is -0.473. The fourth-order valence-corrected chi connectivity index (χ4v) is 1.96. The third-order valence-electron chi connectivity index (χ3n) is 3.20. The molecule has 3 N–H and O–H groups in total. The Bertz CT molecular complexity index is 631. The maximum atomic E-state index is 13.2. The molecule has 1 aromatic heterocycles. The third-order valence-corrected chi connectivity index (χ3v) is 3.20. The predicted octanol–water partition coefficient (Wildman–Crippen LogP) is 1.78. The second-order valence-electron chi connectivity index (χ2n) is 5.33. The Kier molecular flexibility index (Phi) is 3.32. The van der Waals surface area contributed by atoms with Crippen LogP contribution >= 0.6 is 0 Å². The first-order chi connectivity index (χ1) is 8.84. The zero-order valence-corrected chi connectivity index (χ0v) is 11.3. The highest BCUT2D eigenvalue weighted by molar-refractivity contribution is 5.99. The van der Waals surface area contributed by atoms with E-state index in [1.807, 2.05) is 13.8 Å². The van der Waals surface area contributed by atoms with Gasteiger partial charge in [-0.1, -0.05) is 0 Å². The van der Waals surface area contributed by atoms with Gasteiger partial charge in [0.15, 0.2) is 0 Å². The molecule has 0 fully saturated rings. The Morgan fingerprint density at radius 2 is 2.11 bits per heavy atom. The van der Waals surface area contributed by atoms with Crippen LogP contribution in [0, 0.1) is 5.82 Å². The highest BCUT2D eigenvalue weighted by Crippen LogP contribution is 2.20. The van der Waals surface area contributed by atoms with E-state index in [0.717, 1.165) is 5.52 Å². The van der Waals surface area contributed by atoms with E-state index in [2.05, 4.69) is 5.32 Å². The Morgan fingerprint density at radius 3 is 2.74 bits per heavy atom. The summed E-state index contributed by atoms with van der Waals surface area (Å²) in [6, 6.07) is 6.14. The molecular formula is C14H18FN3O. The van der Waals surface area contributed by atoms with E-state index in [-0.39, 0.29) is 11.7 Å². The van der Waals surface area contributed by atoms with Crippen molar-refractivity contribution >= 4 is 16.8 Å². The van der Waals surface area contributed by atoms with Crippen molar-refractivity contribution in [3.8, 4) is 0 Å². The van der Waals surface area contributed by atoms with Crippen molar-refractivity contribution in [1.29, 1.82) is 0 Å². The fourth-order valence-electron chi connectivity index (χ4n) is 1.96. The summed E-state index contributed by atoms with van der Waals surface area (Å²) in [5.41, 5.74) is 6.43. The van der Waals surface area contributed by atoms with E-state index < -0.39 is 5.54 Å². The molecule has 0 aliphatic rings. The van der Waals surface area contributed by atoms with Gasteiger partial charge in [0, 0.05) is 30.0 Å². The monoisotopic (exact) mass is 263 g/mol. The molecule has 2 rings (SSSR count). The molecule has 102 valence electrons. The number of hydrogen-bond acceptors (Lipinski definition) is 2. The van der Waals surface area contributed by atoms with Crippen LogP contribution in [0.1, 0.15) is 24.3 Å². The average Bonchev–Trinajstić information content (AvgIpc) is 2.66. The van der Waals surface area contributed by atoms with Crippen molar-refractivity contribution in [3.63, 3.8) is 0 Å². The Balaban J connectivity index is 2.40. The number of nitrogens with zero attached hydrogens (tertiary/aromatic N) is 1. The first kappa shape index (κ1) is 13.5. The van der Waals surface area contributed by atoms with Crippen LogP contribution in [0.5, 0.6) is 0 Å². The second kappa shape index (κ2) is 4.66. The van der Waals surface area contributed by atoms with Crippen molar-refractivity contribution in [1.82, 2.24) is 9.88 Å². The van der Waals surface area contributed by atoms with Gasteiger partial charge in [0.05, 0.1) is 0 Å². The quantitative estimate of drug-likeness (QED) is 0.887. The lowest BCUT2D eigenvalue weighted by Gasteiger charge is -2.24. The highest BCUT2D eigenvalue weighted by atomic mass is 19.1. The molecule has 0 spiro atoms. The fraction of sp³-hybridized carbons (Fsp3) is 0.357. The topological polar surface area (TPSA) is 60.0 Å². The standard InChI is InChI=1S/C14H18FN3O/c1-14(2,8-16)17-13(19)12-7-9-6-10(15)4-5-11(9)18(12)3/h4-7H,8,16H2,1-3H3,(H,17,19). The van der Waals surface area contributed by atoms with E-state index in [9.17, 15) is 9.18 Å². The number of aromatic nitrogens is 1. The second-order valence-corrected chi connectivity index (χ2v) is 5.33. The minimum absolute atomic E-state index is 0.213. The summed E-state index contributed by atoms with van der Waals surface area (Å²) in [6.07, 6.45) is 0. The molecule has 0 aliphatic heterocycles. The SMILES string of the molecule is Cn1c(C(=O)NC(C)(C)CN)cc2cc(F)ccc21. The number of hydrogen-bond donors (Lipinski definition) is 2. The van der Waals surface area contributed by atoms with E-state index in [4.69, 9.17) is 5.73 Å². The summed E-state index contributed by atoms with van der Waals surface area (Å²) in [5.74, 6) is -0.526. The van der Waals surface area contributed by atoms with E-state index in [1.54, 1.807) is 23.7 Å². The summed E-state index contributed by atoms with van der Waals surface area (Å²) < 4.78 is 14.9. The van der Waals surface area contributed by atoms with Gasteiger partial charge < -0.3 is 15.6 Å². The van der Waals surface area contributed by atoms with E-state index in [1.165, 1.54) is 12.1 Å². The third kappa shape index (κ3) is 2.61. The van der Waals surface area contributed by atoms with Gasteiger partial charge in [-0.3, -0.25) is 4.79 Å². The van der Waals surface area contributed by atoms with Gasteiger partial charge in [0.2, 0.25) is 0 Å². The number of carbonyl (C=O) groups excluding carboxylic acids is 1. The molecule has 0 aliphatic carbocycles. The predicted molar refractivity (Wildman–Crippen MR) is 73.5 cm³/mol. The lowest BCUT2D eigenvalue weighted by molar-refractivity contribution is 0.0908. The number of nitrogens with two attached hydrogens (primary N) is 1. The normalized spacial score (nSPS) is 11.8. The minimum Gasteiger partial charge on any atom is -0.345 e. The lowest BCUT2D eigenvalue weighted by atomic mass is 10.1. The molecule has 0 saturated heterocycles. The van der Waals surface area contributed by atoms with Crippen LogP contribution in [0.25, 0.3) is 10.9 Å². The molecule has 0 unspecified atom stereocenters. The Morgan fingerprint density at radius 1 is 1.42 bits per heavy atom. The Labute approximate surface area is 111 Å². The molecule has 2 aromatic rings. The lowest BCUT2D eigenvalue weighted by Crippen LogP contribution is -2.49. The van der Waals surface area contributed by atoms with Crippen LogP contribution in [0.3, 0.4) is 0 Å². The van der Waals surface area contributed by atoms with Crippen LogP contribution in [0.2, 0.25) is 0 Å². The molecule has 1 aromatic carbocycles. The van der Waals surface area contributed by atoms with Crippen molar-refractivity contribution in [2.45, 2.75) is 19.4 Å². The summed E-state index contributed by atoms with van der Waals surface area (Å²) >= 11 is 0. The average molecular weight is 263 g/mol. The number of nitrogens with one attached hydrogen (secondary N) is 1. The molecule has 1 amide bonds. The zero-order valence-electron chi connectivity index (χ0n) is 11.3. The highest BCUT2D eigenvalue weighted by Gasteiger charge is 2.21. The number of amides is 1. The number of aryl methyl sites for hydroxylation is 1. The van der Waals surface area contributed by atoms with Crippen LogP contribution in [-0.4, -0.2) is 22.6 Å². The first-order valence-corrected chi connectivity index (χ1v) is 6.11. The van der Waals surface area contributed by atoms with Gasteiger partial charge in [-0.2, -0.15) is 0 Å². The van der Waals surface area contributed by atoms with Gasteiger partial charge in [-0.15, -0.1) is 0 Å². The number of carbonyl (C=O) groups is 1. The van der Waals surface area contributed by atoms with Crippen LogP contribution < -0.4 is 11.1 Å². The Hall–Kier alpha value is -1.88. The van der Waals surface area contributed by atoms with E-state index >= 15 is 0 Å². The first-order valence-electron chi connectivity index (χ1n) is 6.11. The number of benzene rings is 1. The molecule has 0 atom stereocenters. The smallest absolute Gasteiger partial charge is 0.268 e. The number of fused-ring (bicyclic) bond motifs is 1. The van der Waals surface area contributed by atoms with Crippen molar-refractivity contribution in [3.05, 3.63) is 35.8 Å². The molecule has 5 heteroatoms. The number of halogens is 1. The molecule has 4 nitrogen and oxygen atoms in total. The molecule has 0 bridgehead atoms. The largest absolute Gasteiger partial charge is 0.345 e. The van der Waals surface area contributed by atoms with Gasteiger partial charge >= 0.3 is 0 Å². The van der Waals surface area contributed by atoms with Crippen LogP contribution in [0.4, 0.5) is 4.39 Å². The van der Waals surface area contributed by atoms with Crippen LogP contribution in [0.15, 0.2) is 24.3 Å². The zero-order chi connectivity index (χ0) is 14.2. The summed E-state index contributed by atoms with van der Waals surface area (Å²) in [5, 5.41) is 3.57. The van der Waals surface area contributed by atoms with Gasteiger partial charge in [-0.05, 0) is 38.1 Å². The van der Waals surface area contributed by atoms with Gasteiger partial charge in [0.25, 0.3) is 5.91 Å². The van der Waals surface area contributed by atoms with Crippen molar-refractivity contribution < 1.29 is 9.18 Å². The van der Waals surface area contributed by atoms with Crippen molar-refractivity contribution in [2.24, 2.45) is 12.8 Å².